The minimum atomic E-state index is -1.01. The Morgan fingerprint density at radius 2 is 1.85 bits per heavy atom. The molecule has 130 valence electrons. The third kappa shape index (κ3) is 3.17. The van der Waals surface area contributed by atoms with Crippen molar-refractivity contribution in [3.05, 3.63) is 66.4 Å². The number of fused-ring (bicyclic) bond motifs is 1. The fraction of sp³-hybridized carbons (Fsp3) is 0.100. The second-order valence-corrected chi connectivity index (χ2v) is 5.74. The fourth-order valence-electron chi connectivity index (χ4n) is 2.80. The number of carbonyl (C=O) groups is 1. The molecular weight excluding hydrogens is 332 g/mol. The maximum Gasteiger partial charge on any atom is 0.328 e. The minimum absolute atomic E-state index is 0.501. The number of carboxylic acid groups (broad SMARTS) is 1. The van der Waals surface area contributed by atoms with Gasteiger partial charge >= 0.3 is 5.97 Å². The van der Waals surface area contributed by atoms with Crippen molar-refractivity contribution in [2.24, 2.45) is 0 Å². The van der Waals surface area contributed by atoms with Crippen molar-refractivity contribution in [3.8, 4) is 28.4 Å². The van der Waals surface area contributed by atoms with Crippen molar-refractivity contribution in [2.45, 2.75) is 0 Å². The molecule has 4 rings (SSSR count). The van der Waals surface area contributed by atoms with Crippen LogP contribution in [0.1, 0.15) is 5.56 Å². The smallest absolute Gasteiger partial charge is 0.328 e. The summed E-state index contributed by atoms with van der Waals surface area (Å²) in [6, 6.07) is 15.3. The standard InChI is InChI=1S/C20H16N2O4/c23-19(24)9-7-15-13-22(16-4-2-1-3-5-16)21-20(15)14-6-8-17-18(12-14)26-11-10-25-17/h1-9,12-13H,10-11H2,(H,23,24)/b9-7+. The van der Waals surface area contributed by atoms with Gasteiger partial charge in [0.2, 0.25) is 0 Å². The SMILES string of the molecule is O=C(O)/C=C/c1cn(-c2ccccc2)nc1-c1ccc2c(c1)OCCO2. The highest BCUT2D eigenvalue weighted by molar-refractivity contribution is 5.87. The van der Waals surface area contributed by atoms with Gasteiger partial charge in [0.15, 0.2) is 11.5 Å². The number of ether oxygens (including phenoxy) is 2. The molecule has 0 unspecified atom stereocenters. The molecule has 0 spiro atoms. The first-order valence-electron chi connectivity index (χ1n) is 8.17. The van der Waals surface area contributed by atoms with Gasteiger partial charge in [-0.15, -0.1) is 0 Å². The second kappa shape index (κ2) is 6.76. The van der Waals surface area contributed by atoms with Crippen molar-refractivity contribution < 1.29 is 19.4 Å². The summed E-state index contributed by atoms with van der Waals surface area (Å²) in [6.45, 7) is 1.03. The molecular formula is C20H16N2O4. The maximum atomic E-state index is 10.9. The Bertz CT molecular complexity index is 977. The number of para-hydroxylation sites is 1. The Morgan fingerprint density at radius 1 is 1.08 bits per heavy atom. The van der Waals surface area contributed by atoms with Crippen LogP contribution in [0.4, 0.5) is 0 Å². The highest BCUT2D eigenvalue weighted by Crippen LogP contribution is 2.35. The number of nitrogens with zero attached hydrogens (tertiary/aromatic N) is 2. The molecule has 6 nitrogen and oxygen atoms in total. The van der Waals surface area contributed by atoms with Crippen molar-refractivity contribution in [2.75, 3.05) is 13.2 Å². The summed E-state index contributed by atoms with van der Waals surface area (Å²) in [5.41, 5.74) is 3.09. The number of hydrogen-bond donors (Lipinski definition) is 1. The Kier molecular flexibility index (Phi) is 4.15. The zero-order chi connectivity index (χ0) is 17.9. The van der Waals surface area contributed by atoms with Gasteiger partial charge in [0, 0.05) is 23.4 Å². The molecule has 0 aliphatic carbocycles. The molecule has 0 atom stereocenters. The van der Waals surface area contributed by atoms with Crippen molar-refractivity contribution >= 4 is 12.0 Å². The number of hydrogen-bond acceptors (Lipinski definition) is 4. The average molecular weight is 348 g/mol. The molecule has 0 saturated carbocycles. The fourth-order valence-corrected chi connectivity index (χ4v) is 2.80. The van der Waals surface area contributed by atoms with Gasteiger partial charge in [-0.05, 0) is 36.4 Å². The maximum absolute atomic E-state index is 10.9. The van der Waals surface area contributed by atoms with E-state index in [2.05, 4.69) is 5.10 Å². The van der Waals surface area contributed by atoms with Gasteiger partial charge in [-0.1, -0.05) is 18.2 Å². The quantitative estimate of drug-likeness (QED) is 0.732. The van der Waals surface area contributed by atoms with E-state index >= 15 is 0 Å². The molecule has 0 bridgehead atoms. The van der Waals surface area contributed by atoms with E-state index in [1.54, 1.807) is 17.0 Å². The molecule has 0 radical (unpaired) electrons. The molecule has 0 fully saturated rings. The molecule has 26 heavy (non-hydrogen) atoms. The summed E-state index contributed by atoms with van der Waals surface area (Å²) in [7, 11) is 0. The van der Waals surface area contributed by atoms with Gasteiger partial charge in [-0.2, -0.15) is 5.10 Å². The third-order valence-corrected chi connectivity index (χ3v) is 3.98. The Morgan fingerprint density at radius 3 is 2.62 bits per heavy atom. The summed E-state index contributed by atoms with van der Waals surface area (Å²) < 4.78 is 12.9. The predicted octanol–water partition coefficient (Wildman–Crippen LogP) is 3.41. The third-order valence-electron chi connectivity index (χ3n) is 3.98. The Balaban J connectivity index is 1.81. The molecule has 1 aliphatic rings. The largest absolute Gasteiger partial charge is 0.486 e. The molecule has 2 aromatic carbocycles. The summed E-state index contributed by atoms with van der Waals surface area (Å²) in [5, 5.41) is 13.6. The summed E-state index contributed by atoms with van der Waals surface area (Å²) in [4.78, 5) is 10.9. The van der Waals surface area contributed by atoms with Crippen molar-refractivity contribution in [3.63, 3.8) is 0 Å². The average Bonchev–Trinajstić information content (AvgIpc) is 3.11. The number of aromatic nitrogens is 2. The highest BCUT2D eigenvalue weighted by Gasteiger charge is 2.16. The molecule has 2 heterocycles. The van der Waals surface area contributed by atoms with Crippen LogP contribution in [0.15, 0.2) is 60.8 Å². The van der Waals surface area contributed by atoms with E-state index in [1.165, 1.54) is 0 Å². The van der Waals surface area contributed by atoms with Gasteiger partial charge in [0.25, 0.3) is 0 Å². The number of benzene rings is 2. The van der Waals surface area contributed by atoms with Crippen LogP contribution >= 0.6 is 0 Å². The molecule has 3 aromatic rings. The highest BCUT2D eigenvalue weighted by atomic mass is 16.6. The van der Waals surface area contributed by atoms with Crippen molar-refractivity contribution in [1.29, 1.82) is 0 Å². The molecule has 0 amide bonds. The van der Waals surface area contributed by atoms with Crippen LogP contribution in [0.5, 0.6) is 11.5 Å². The van der Waals surface area contributed by atoms with Crippen LogP contribution in [0.2, 0.25) is 0 Å². The van der Waals surface area contributed by atoms with E-state index in [9.17, 15) is 4.79 Å². The van der Waals surface area contributed by atoms with Crippen LogP contribution in [-0.2, 0) is 4.79 Å². The van der Waals surface area contributed by atoms with Gasteiger partial charge in [0.05, 0.1) is 5.69 Å². The van der Waals surface area contributed by atoms with E-state index < -0.39 is 5.97 Å². The molecule has 1 aromatic heterocycles. The lowest BCUT2D eigenvalue weighted by Crippen LogP contribution is -2.15. The lowest BCUT2D eigenvalue weighted by molar-refractivity contribution is -0.131. The first-order chi connectivity index (χ1) is 12.7. The summed E-state index contributed by atoms with van der Waals surface area (Å²) in [6.07, 6.45) is 4.45. The normalized spacial score (nSPS) is 13.1. The van der Waals surface area contributed by atoms with Gasteiger partial charge < -0.3 is 14.6 Å². The molecule has 0 saturated heterocycles. The number of carboxylic acids is 1. The summed E-state index contributed by atoms with van der Waals surface area (Å²) >= 11 is 0. The minimum Gasteiger partial charge on any atom is -0.486 e. The lowest BCUT2D eigenvalue weighted by Gasteiger charge is -2.18. The zero-order valence-corrected chi connectivity index (χ0v) is 13.8. The summed E-state index contributed by atoms with van der Waals surface area (Å²) in [5.74, 6) is 0.354. The molecule has 1 aliphatic heterocycles. The van der Waals surface area contributed by atoms with E-state index in [4.69, 9.17) is 14.6 Å². The van der Waals surface area contributed by atoms with Gasteiger partial charge in [0.1, 0.15) is 18.9 Å². The van der Waals surface area contributed by atoms with E-state index in [1.807, 2.05) is 48.5 Å². The van der Waals surface area contributed by atoms with Crippen LogP contribution in [0, 0.1) is 0 Å². The topological polar surface area (TPSA) is 73.6 Å². The zero-order valence-electron chi connectivity index (χ0n) is 13.8. The van der Waals surface area contributed by atoms with Crippen LogP contribution in [-0.4, -0.2) is 34.1 Å². The molecule has 6 heteroatoms. The van der Waals surface area contributed by atoms with E-state index in [-0.39, 0.29) is 0 Å². The van der Waals surface area contributed by atoms with Crippen LogP contribution < -0.4 is 9.47 Å². The van der Waals surface area contributed by atoms with Crippen LogP contribution in [0.25, 0.3) is 23.0 Å². The lowest BCUT2D eigenvalue weighted by atomic mass is 10.1. The van der Waals surface area contributed by atoms with E-state index in [0.29, 0.717) is 36.0 Å². The van der Waals surface area contributed by atoms with Gasteiger partial charge in [-0.3, -0.25) is 0 Å². The van der Waals surface area contributed by atoms with Crippen molar-refractivity contribution in [1.82, 2.24) is 9.78 Å². The first kappa shape index (κ1) is 16.0. The van der Waals surface area contributed by atoms with E-state index in [0.717, 1.165) is 17.3 Å². The monoisotopic (exact) mass is 348 g/mol. The predicted molar refractivity (Wildman–Crippen MR) is 96.7 cm³/mol. The Hall–Kier alpha value is -3.54. The molecule has 1 N–H and O–H groups in total. The second-order valence-electron chi connectivity index (χ2n) is 5.74. The van der Waals surface area contributed by atoms with Crippen LogP contribution in [0.3, 0.4) is 0 Å². The number of aliphatic carboxylic acids is 1. The van der Waals surface area contributed by atoms with Gasteiger partial charge in [-0.25, -0.2) is 9.48 Å². The first-order valence-corrected chi connectivity index (χ1v) is 8.17. The number of rotatable bonds is 4. The Labute approximate surface area is 149 Å².